The minimum Gasteiger partial charge on any atom is -0.358 e. The molecule has 1 aliphatic carbocycles. The van der Waals surface area contributed by atoms with E-state index in [4.69, 9.17) is 23.8 Å². The fourth-order valence-electron chi connectivity index (χ4n) is 2.95. The van der Waals surface area contributed by atoms with Crippen LogP contribution in [0, 0.1) is 11.8 Å². The number of thiocarbonyl (C=S) groups is 1. The van der Waals surface area contributed by atoms with Gasteiger partial charge < -0.3 is 5.32 Å². The number of hydrogen-bond donors (Lipinski definition) is 3. The SMILES string of the molecule is C[C@@H]1[C@H](C)CCC[C@H]1NC(=S)NNC(=O)Cc1ccc(Cl)cc1. The monoisotopic (exact) mass is 353 g/mol. The van der Waals surface area contributed by atoms with Gasteiger partial charge in [-0.3, -0.25) is 15.6 Å². The van der Waals surface area contributed by atoms with Crippen LogP contribution in [-0.2, 0) is 11.2 Å². The Labute approximate surface area is 148 Å². The summed E-state index contributed by atoms with van der Waals surface area (Å²) in [4.78, 5) is 11.9. The van der Waals surface area contributed by atoms with E-state index in [-0.39, 0.29) is 12.3 Å². The maximum absolute atomic E-state index is 11.9. The zero-order chi connectivity index (χ0) is 16.8. The average Bonchev–Trinajstić information content (AvgIpc) is 2.52. The van der Waals surface area contributed by atoms with Crippen molar-refractivity contribution in [2.75, 3.05) is 0 Å². The van der Waals surface area contributed by atoms with Crippen molar-refractivity contribution in [1.82, 2.24) is 16.2 Å². The van der Waals surface area contributed by atoms with Gasteiger partial charge in [-0.25, -0.2) is 0 Å². The summed E-state index contributed by atoms with van der Waals surface area (Å²) in [6, 6.07) is 7.59. The van der Waals surface area contributed by atoms with Gasteiger partial charge in [-0.05, 0) is 48.2 Å². The van der Waals surface area contributed by atoms with Gasteiger partial charge in [0.2, 0.25) is 5.91 Å². The molecule has 126 valence electrons. The van der Waals surface area contributed by atoms with Crippen LogP contribution >= 0.6 is 23.8 Å². The molecule has 23 heavy (non-hydrogen) atoms. The maximum atomic E-state index is 11.9. The number of amides is 1. The van der Waals surface area contributed by atoms with Crippen molar-refractivity contribution in [1.29, 1.82) is 0 Å². The first-order valence-electron chi connectivity index (χ1n) is 8.05. The van der Waals surface area contributed by atoms with E-state index < -0.39 is 0 Å². The molecule has 4 nitrogen and oxygen atoms in total. The number of hydrogen-bond acceptors (Lipinski definition) is 2. The van der Waals surface area contributed by atoms with E-state index in [1.54, 1.807) is 12.1 Å². The van der Waals surface area contributed by atoms with Gasteiger partial charge >= 0.3 is 0 Å². The van der Waals surface area contributed by atoms with Crippen LogP contribution in [0.5, 0.6) is 0 Å². The first-order chi connectivity index (χ1) is 11.0. The molecule has 1 aromatic carbocycles. The second kappa shape index (κ2) is 8.50. The predicted octanol–water partition coefficient (Wildman–Crippen LogP) is 3.20. The number of carbonyl (C=O) groups is 1. The first kappa shape index (κ1) is 18.0. The molecule has 0 heterocycles. The Balaban J connectivity index is 1.73. The van der Waals surface area contributed by atoms with Gasteiger partial charge in [0.15, 0.2) is 5.11 Å². The van der Waals surface area contributed by atoms with Crippen molar-refractivity contribution >= 4 is 34.8 Å². The second-order valence-electron chi connectivity index (χ2n) is 6.32. The highest BCUT2D eigenvalue weighted by Crippen LogP contribution is 2.29. The lowest BCUT2D eigenvalue weighted by atomic mass is 9.78. The van der Waals surface area contributed by atoms with Gasteiger partial charge in [0, 0.05) is 11.1 Å². The van der Waals surface area contributed by atoms with Gasteiger partial charge in [-0.15, -0.1) is 0 Å². The highest BCUT2D eigenvalue weighted by Gasteiger charge is 2.27. The minimum atomic E-state index is -0.137. The number of nitrogens with one attached hydrogen (secondary N) is 3. The number of rotatable bonds is 3. The van der Waals surface area contributed by atoms with Crippen molar-refractivity contribution < 1.29 is 4.79 Å². The van der Waals surface area contributed by atoms with Gasteiger partial charge in [-0.1, -0.05) is 50.4 Å². The van der Waals surface area contributed by atoms with E-state index in [9.17, 15) is 4.79 Å². The van der Waals surface area contributed by atoms with Crippen LogP contribution in [0.3, 0.4) is 0 Å². The number of hydrazine groups is 1. The van der Waals surface area contributed by atoms with Crippen molar-refractivity contribution in [3.05, 3.63) is 34.9 Å². The predicted molar refractivity (Wildman–Crippen MR) is 98.1 cm³/mol. The van der Waals surface area contributed by atoms with Gasteiger partial charge in [0.25, 0.3) is 0 Å². The summed E-state index contributed by atoms with van der Waals surface area (Å²) >= 11 is 11.1. The summed E-state index contributed by atoms with van der Waals surface area (Å²) < 4.78 is 0. The quantitative estimate of drug-likeness (QED) is 0.577. The fourth-order valence-corrected chi connectivity index (χ4v) is 3.28. The molecule has 1 aromatic rings. The second-order valence-corrected chi connectivity index (χ2v) is 7.17. The van der Waals surface area contributed by atoms with Crippen LogP contribution in [0.15, 0.2) is 24.3 Å². The molecule has 3 atom stereocenters. The van der Waals surface area contributed by atoms with E-state index >= 15 is 0 Å². The maximum Gasteiger partial charge on any atom is 0.242 e. The Hall–Kier alpha value is -1.33. The molecular formula is C17H24ClN3OS. The lowest BCUT2D eigenvalue weighted by Crippen LogP contribution is -2.52. The molecule has 0 spiro atoms. The lowest BCUT2D eigenvalue weighted by molar-refractivity contribution is -0.121. The molecule has 6 heteroatoms. The van der Waals surface area contributed by atoms with E-state index in [2.05, 4.69) is 30.0 Å². The molecule has 0 saturated heterocycles. The molecule has 2 rings (SSSR count). The summed E-state index contributed by atoms with van der Waals surface area (Å²) in [5.41, 5.74) is 6.33. The Morgan fingerprint density at radius 2 is 1.91 bits per heavy atom. The van der Waals surface area contributed by atoms with Gasteiger partial charge in [0.1, 0.15) is 0 Å². The number of benzene rings is 1. The molecule has 1 fully saturated rings. The molecule has 0 radical (unpaired) electrons. The van der Waals surface area contributed by atoms with Crippen LogP contribution in [0.2, 0.25) is 5.02 Å². The molecule has 0 unspecified atom stereocenters. The molecule has 1 aliphatic rings. The summed E-state index contributed by atoms with van der Waals surface area (Å²) in [5, 5.41) is 4.45. The number of halogens is 1. The normalized spacial score (nSPS) is 23.9. The summed E-state index contributed by atoms with van der Waals surface area (Å²) in [6.45, 7) is 4.53. The Morgan fingerprint density at radius 1 is 1.22 bits per heavy atom. The van der Waals surface area contributed by atoms with E-state index in [0.717, 1.165) is 12.0 Å². The molecular weight excluding hydrogens is 330 g/mol. The third-order valence-electron chi connectivity index (χ3n) is 4.62. The largest absolute Gasteiger partial charge is 0.358 e. The van der Waals surface area contributed by atoms with E-state index in [0.29, 0.717) is 28.0 Å². The Kier molecular flexibility index (Phi) is 6.66. The van der Waals surface area contributed by atoms with Crippen LogP contribution in [-0.4, -0.2) is 17.1 Å². The molecule has 1 saturated carbocycles. The summed E-state index contributed by atoms with van der Waals surface area (Å²) in [6.07, 6.45) is 3.89. The zero-order valence-corrected chi connectivity index (χ0v) is 15.1. The van der Waals surface area contributed by atoms with Crippen LogP contribution < -0.4 is 16.2 Å². The van der Waals surface area contributed by atoms with Crippen molar-refractivity contribution in [2.24, 2.45) is 11.8 Å². The van der Waals surface area contributed by atoms with Crippen molar-refractivity contribution in [2.45, 2.75) is 45.6 Å². The van der Waals surface area contributed by atoms with E-state index in [1.807, 2.05) is 12.1 Å². The van der Waals surface area contributed by atoms with E-state index in [1.165, 1.54) is 12.8 Å². The fraction of sp³-hybridized carbons (Fsp3) is 0.529. The first-order valence-corrected chi connectivity index (χ1v) is 8.84. The summed E-state index contributed by atoms with van der Waals surface area (Å²) in [7, 11) is 0. The van der Waals surface area contributed by atoms with Crippen LogP contribution in [0.4, 0.5) is 0 Å². The molecule has 0 aliphatic heterocycles. The van der Waals surface area contributed by atoms with Crippen LogP contribution in [0.25, 0.3) is 0 Å². The topological polar surface area (TPSA) is 53.2 Å². The highest BCUT2D eigenvalue weighted by molar-refractivity contribution is 7.80. The highest BCUT2D eigenvalue weighted by atomic mass is 35.5. The summed E-state index contributed by atoms with van der Waals surface area (Å²) in [5.74, 6) is 1.14. The average molecular weight is 354 g/mol. The molecule has 3 N–H and O–H groups in total. The number of carbonyl (C=O) groups excluding carboxylic acids is 1. The third-order valence-corrected chi connectivity index (χ3v) is 5.09. The third kappa shape index (κ3) is 5.66. The Bertz CT molecular complexity index is 549. The van der Waals surface area contributed by atoms with Crippen LogP contribution in [0.1, 0.15) is 38.7 Å². The minimum absolute atomic E-state index is 0.137. The molecule has 0 bridgehead atoms. The van der Waals surface area contributed by atoms with Gasteiger partial charge in [0.05, 0.1) is 6.42 Å². The Morgan fingerprint density at radius 3 is 2.61 bits per heavy atom. The zero-order valence-electron chi connectivity index (χ0n) is 13.6. The smallest absolute Gasteiger partial charge is 0.242 e. The molecule has 0 aromatic heterocycles. The van der Waals surface area contributed by atoms with Gasteiger partial charge in [-0.2, -0.15) is 0 Å². The lowest BCUT2D eigenvalue weighted by Gasteiger charge is -2.35. The standard InChI is InChI=1S/C17H24ClN3OS/c1-11-4-3-5-15(12(11)2)19-17(23)21-20-16(22)10-13-6-8-14(18)9-7-13/h6-9,11-12,15H,3-5,10H2,1-2H3,(H,20,22)(H2,19,21,23)/t11-,12-,15-/m1/s1. The van der Waals surface area contributed by atoms with Crippen molar-refractivity contribution in [3.63, 3.8) is 0 Å². The molecule has 1 amide bonds. The van der Waals surface area contributed by atoms with Crippen molar-refractivity contribution in [3.8, 4) is 0 Å².